The van der Waals surface area contributed by atoms with Crippen molar-refractivity contribution in [1.29, 1.82) is 0 Å². The molecule has 0 unspecified atom stereocenters. The Morgan fingerprint density at radius 3 is 2.63 bits per heavy atom. The number of nitro benzene ring substituents is 1. The Bertz CT molecular complexity index is 470. The molecule has 6 nitrogen and oxygen atoms in total. The number of nitrogens with two attached hydrogens (primary N) is 1. The zero-order valence-corrected chi connectivity index (χ0v) is 11.0. The molecule has 0 aliphatic heterocycles. The van der Waals surface area contributed by atoms with Gasteiger partial charge in [0.05, 0.1) is 11.0 Å². The second-order valence-corrected chi connectivity index (χ2v) is 5.02. The average Bonchev–Trinajstić information content (AvgIpc) is 2.26. The van der Waals surface area contributed by atoms with Crippen LogP contribution in [0.1, 0.15) is 26.7 Å². The van der Waals surface area contributed by atoms with Crippen molar-refractivity contribution < 1.29 is 14.4 Å². The Hall–Kier alpha value is -1.82. The van der Waals surface area contributed by atoms with Gasteiger partial charge < -0.3 is 15.2 Å². The first-order valence-corrected chi connectivity index (χ1v) is 6.33. The van der Waals surface area contributed by atoms with Crippen LogP contribution in [0.3, 0.4) is 0 Å². The molecular weight excluding hydrogens is 248 g/mol. The van der Waals surface area contributed by atoms with Crippen molar-refractivity contribution in [3.63, 3.8) is 0 Å². The molecule has 2 rings (SSSR count). The van der Waals surface area contributed by atoms with Crippen molar-refractivity contribution >= 4 is 5.69 Å². The molecule has 0 saturated heterocycles. The Balaban J connectivity index is 2.14. The molecule has 1 aliphatic carbocycles. The van der Waals surface area contributed by atoms with Crippen LogP contribution in [-0.4, -0.2) is 23.2 Å². The number of benzene rings is 1. The molecule has 0 amide bonds. The van der Waals surface area contributed by atoms with Crippen LogP contribution < -0.4 is 15.2 Å². The molecule has 0 spiro atoms. The lowest BCUT2D eigenvalue weighted by Gasteiger charge is -2.32. The van der Waals surface area contributed by atoms with Gasteiger partial charge >= 0.3 is 5.69 Å². The molecule has 6 heteroatoms. The van der Waals surface area contributed by atoms with E-state index in [2.05, 4.69) is 0 Å². The second kappa shape index (κ2) is 5.44. The lowest BCUT2D eigenvalue weighted by molar-refractivity contribution is -0.386. The van der Waals surface area contributed by atoms with E-state index in [1.165, 1.54) is 6.07 Å². The smallest absolute Gasteiger partial charge is 0.311 e. The van der Waals surface area contributed by atoms with Gasteiger partial charge in [-0.25, -0.2) is 0 Å². The fraction of sp³-hybridized carbons (Fsp3) is 0.538. The third-order valence-electron chi connectivity index (χ3n) is 2.92. The molecule has 1 aliphatic rings. The highest BCUT2D eigenvalue weighted by Gasteiger charge is 2.28. The maximum atomic E-state index is 10.9. The zero-order chi connectivity index (χ0) is 14.0. The maximum absolute atomic E-state index is 10.9. The van der Waals surface area contributed by atoms with Crippen molar-refractivity contribution in [2.75, 3.05) is 0 Å². The van der Waals surface area contributed by atoms with Crippen molar-refractivity contribution in [2.24, 2.45) is 5.73 Å². The third-order valence-corrected chi connectivity index (χ3v) is 2.92. The first-order valence-electron chi connectivity index (χ1n) is 6.33. The summed E-state index contributed by atoms with van der Waals surface area (Å²) in [6.45, 7) is 3.64. The van der Waals surface area contributed by atoms with Crippen LogP contribution in [0.2, 0.25) is 0 Å². The van der Waals surface area contributed by atoms with Crippen LogP contribution in [0.4, 0.5) is 5.69 Å². The average molecular weight is 266 g/mol. The Labute approximate surface area is 111 Å². The minimum Gasteiger partial charge on any atom is -0.490 e. The summed E-state index contributed by atoms with van der Waals surface area (Å²) in [5.41, 5.74) is 5.64. The van der Waals surface area contributed by atoms with Gasteiger partial charge in [0.2, 0.25) is 5.75 Å². The molecule has 0 radical (unpaired) electrons. The SMILES string of the molecule is CC(C)Oc1cc(OC2CC(N)C2)ccc1[N+](=O)[O-]. The van der Waals surface area contributed by atoms with E-state index in [1.807, 2.05) is 13.8 Å². The van der Waals surface area contributed by atoms with Crippen LogP contribution in [-0.2, 0) is 0 Å². The highest BCUT2D eigenvalue weighted by molar-refractivity contribution is 5.50. The van der Waals surface area contributed by atoms with E-state index in [0.717, 1.165) is 12.8 Å². The molecule has 0 heterocycles. The number of rotatable bonds is 5. The van der Waals surface area contributed by atoms with E-state index >= 15 is 0 Å². The van der Waals surface area contributed by atoms with Crippen LogP contribution in [0.5, 0.6) is 11.5 Å². The van der Waals surface area contributed by atoms with E-state index in [0.29, 0.717) is 5.75 Å². The summed E-state index contributed by atoms with van der Waals surface area (Å²) in [5, 5.41) is 10.9. The van der Waals surface area contributed by atoms with E-state index in [9.17, 15) is 10.1 Å². The summed E-state index contributed by atoms with van der Waals surface area (Å²) in [6, 6.07) is 4.78. The molecule has 1 saturated carbocycles. The van der Waals surface area contributed by atoms with Crippen LogP contribution in [0.15, 0.2) is 18.2 Å². The van der Waals surface area contributed by atoms with Gasteiger partial charge in [-0.05, 0) is 32.8 Å². The second-order valence-electron chi connectivity index (χ2n) is 5.02. The van der Waals surface area contributed by atoms with Gasteiger partial charge in [-0.15, -0.1) is 0 Å². The van der Waals surface area contributed by atoms with E-state index in [-0.39, 0.29) is 29.7 Å². The van der Waals surface area contributed by atoms with Gasteiger partial charge in [0.15, 0.2) is 0 Å². The summed E-state index contributed by atoms with van der Waals surface area (Å²) in [5.74, 6) is 0.819. The molecule has 0 atom stereocenters. The number of hydrogen-bond donors (Lipinski definition) is 1. The summed E-state index contributed by atoms with van der Waals surface area (Å²) in [7, 11) is 0. The molecule has 2 N–H and O–H groups in total. The van der Waals surface area contributed by atoms with Gasteiger partial charge in [-0.1, -0.05) is 0 Å². The number of nitro groups is 1. The van der Waals surface area contributed by atoms with Crippen molar-refractivity contribution in [3.05, 3.63) is 28.3 Å². The monoisotopic (exact) mass is 266 g/mol. The molecule has 1 aromatic carbocycles. The normalized spacial score (nSPS) is 21.9. The fourth-order valence-electron chi connectivity index (χ4n) is 1.96. The van der Waals surface area contributed by atoms with Crippen LogP contribution >= 0.6 is 0 Å². The van der Waals surface area contributed by atoms with Crippen molar-refractivity contribution in [3.8, 4) is 11.5 Å². The molecule has 1 aromatic rings. The standard InChI is InChI=1S/C13H18N2O4/c1-8(2)18-13-7-10(3-4-12(13)15(16)17)19-11-5-9(14)6-11/h3-4,7-9,11H,5-6,14H2,1-2H3. The highest BCUT2D eigenvalue weighted by Crippen LogP contribution is 2.34. The molecule has 0 aromatic heterocycles. The first-order chi connectivity index (χ1) is 8.95. The summed E-state index contributed by atoms with van der Waals surface area (Å²) in [6.07, 6.45) is 1.60. The Morgan fingerprint density at radius 1 is 1.42 bits per heavy atom. The molecule has 19 heavy (non-hydrogen) atoms. The number of hydrogen-bond acceptors (Lipinski definition) is 5. The highest BCUT2D eigenvalue weighted by atomic mass is 16.6. The van der Waals surface area contributed by atoms with Gasteiger partial charge in [0, 0.05) is 18.2 Å². The number of ether oxygens (including phenoxy) is 2. The van der Waals surface area contributed by atoms with E-state index in [1.54, 1.807) is 12.1 Å². The predicted octanol–water partition coefficient (Wildman–Crippen LogP) is 2.25. The third kappa shape index (κ3) is 3.35. The Kier molecular flexibility index (Phi) is 3.90. The lowest BCUT2D eigenvalue weighted by atomic mass is 9.90. The van der Waals surface area contributed by atoms with E-state index in [4.69, 9.17) is 15.2 Å². The predicted molar refractivity (Wildman–Crippen MR) is 70.5 cm³/mol. The molecular formula is C13H18N2O4. The van der Waals surface area contributed by atoms with Crippen molar-refractivity contribution in [1.82, 2.24) is 0 Å². The van der Waals surface area contributed by atoms with E-state index < -0.39 is 4.92 Å². The Morgan fingerprint density at radius 2 is 2.11 bits per heavy atom. The first kappa shape index (κ1) is 13.6. The minimum atomic E-state index is -0.458. The van der Waals surface area contributed by atoms with Gasteiger partial charge in [-0.2, -0.15) is 0 Å². The van der Waals surface area contributed by atoms with Crippen LogP contribution in [0, 0.1) is 10.1 Å². The maximum Gasteiger partial charge on any atom is 0.311 e. The molecule has 104 valence electrons. The van der Waals surface area contributed by atoms with Gasteiger partial charge in [0.25, 0.3) is 0 Å². The molecule has 1 fully saturated rings. The van der Waals surface area contributed by atoms with Crippen molar-refractivity contribution in [2.45, 2.75) is 44.9 Å². The quantitative estimate of drug-likeness (QED) is 0.652. The van der Waals surface area contributed by atoms with Gasteiger partial charge in [0.1, 0.15) is 11.9 Å². The fourth-order valence-corrected chi connectivity index (χ4v) is 1.96. The molecule has 0 bridgehead atoms. The topological polar surface area (TPSA) is 87.6 Å². The minimum absolute atomic E-state index is 0.0497. The number of nitrogens with zero attached hydrogens (tertiary/aromatic N) is 1. The summed E-state index contributed by atoms with van der Waals surface area (Å²) >= 11 is 0. The summed E-state index contributed by atoms with van der Waals surface area (Å²) in [4.78, 5) is 10.5. The van der Waals surface area contributed by atoms with Gasteiger partial charge in [-0.3, -0.25) is 10.1 Å². The lowest BCUT2D eigenvalue weighted by Crippen LogP contribution is -2.43. The van der Waals surface area contributed by atoms with Crippen LogP contribution in [0.25, 0.3) is 0 Å². The summed E-state index contributed by atoms with van der Waals surface area (Å²) < 4.78 is 11.2. The largest absolute Gasteiger partial charge is 0.490 e. The zero-order valence-electron chi connectivity index (χ0n) is 11.0.